The number of carbonyl (C=O) groups is 1. The van der Waals surface area contributed by atoms with Gasteiger partial charge in [0.05, 0.1) is 0 Å². The molecule has 0 bridgehead atoms. The van der Waals surface area contributed by atoms with Crippen molar-refractivity contribution in [1.29, 1.82) is 0 Å². The molecule has 3 heteroatoms. The molecule has 0 radical (unpaired) electrons. The van der Waals surface area contributed by atoms with E-state index >= 15 is 0 Å². The lowest BCUT2D eigenvalue weighted by Gasteiger charge is -2.27. The minimum Gasteiger partial charge on any atom is -0.348 e. The Kier molecular flexibility index (Phi) is 2.27. The largest absolute Gasteiger partial charge is 0.348 e. The first-order valence-electron chi connectivity index (χ1n) is 4.27. The first-order chi connectivity index (χ1) is 5.36. The molecule has 12 heavy (non-hydrogen) atoms. The predicted octanol–water partition coefficient (Wildman–Crippen LogP) is 1.03. The number of ether oxygens (including phenoxy) is 1. The van der Waals surface area contributed by atoms with Crippen molar-refractivity contribution in [3.63, 3.8) is 0 Å². The number of nitrogens with zero attached hydrogens (tertiary/aromatic N) is 1. The second-order valence-electron chi connectivity index (χ2n) is 3.95. The van der Waals surface area contributed by atoms with E-state index in [9.17, 15) is 4.79 Å². The smallest absolute Gasteiger partial charge is 0.160 e. The molecule has 0 aromatic rings. The lowest BCUT2D eigenvalue weighted by atomic mass is 10.1. The van der Waals surface area contributed by atoms with Gasteiger partial charge in [0.2, 0.25) is 0 Å². The van der Waals surface area contributed by atoms with Gasteiger partial charge >= 0.3 is 0 Å². The highest BCUT2D eigenvalue weighted by molar-refractivity contribution is 5.81. The average Bonchev–Trinajstić information content (AvgIpc) is 2.14. The third-order valence-corrected chi connectivity index (χ3v) is 2.71. The fourth-order valence-electron chi connectivity index (χ4n) is 1.61. The van der Waals surface area contributed by atoms with E-state index < -0.39 is 0 Å². The number of carbonyl (C=O) groups excluding carboxylic acids is 1. The maximum atomic E-state index is 11.1. The van der Waals surface area contributed by atoms with Gasteiger partial charge in [0.15, 0.2) is 5.78 Å². The third kappa shape index (κ3) is 1.39. The van der Waals surface area contributed by atoms with Crippen LogP contribution in [0.2, 0.25) is 0 Å². The fraction of sp³-hybridized carbons (Fsp3) is 0.889. The van der Waals surface area contributed by atoms with Gasteiger partial charge in [-0.1, -0.05) is 0 Å². The van der Waals surface area contributed by atoms with Gasteiger partial charge < -0.3 is 4.74 Å². The normalized spacial score (nSPS) is 35.4. The number of hydrogen-bond acceptors (Lipinski definition) is 3. The molecule has 1 fully saturated rings. The summed E-state index contributed by atoms with van der Waals surface area (Å²) in [7, 11) is 1.98. The molecule has 1 rings (SSSR count). The van der Waals surface area contributed by atoms with E-state index in [1.54, 1.807) is 6.92 Å². The summed E-state index contributed by atoms with van der Waals surface area (Å²) in [6.45, 7) is 7.55. The van der Waals surface area contributed by atoms with Crippen LogP contribution in [-0.2, 0) is 9.53 Å². The van der Waals surface area contributed by atoms with E-state index in [-0.39, 0.29) is 23.7 Å². The minimum absolute atomic E-state index is 0.111. The van der Waals surface area contributed by atoms with Crippen LogP contribution in [0.25, 0.3) is 0 Å². The first kappa shape index (κ1) is 9.68. The molecule has 1 saturated heterocycles. The summed E-state index contributed by atoms with van der Waals surface area (Å²) in [6.07, 6.45) is -0.259. The van der Waals surface area contributed by atoms with Crippen LogP contribution >= 0.6 is 0 Å². The fourth-order valence-corrected chi connectivity index (χ4v) is 1.61. The van der Waals surface area contributed by atoms with Gasteiger partial charge in [-0.15, -0.1) is 0 Å². The molecule has 0 N–H and O–H groups in total. The second-order valence-corrected chi connectivity index (χ2v) is 3.95. The van der Waals surface area contributed by atoms with Crippen molar-refractivity contribution in [2.24, 2.45) is 0 Å². The molecule has 2 atom stereocenters. The van der Waals surface area contributed by atoms with E-state index in [1.807, 2.05) is 27.8 Å². The summed E-state index contributed by atoms with van der Waals surface area (Å²) in [5.41, 5.74) is -0.310. The molecule has 1 aliphatic rings. The zero-order valence-corrected chi connectivity index (χ0v) is 8.42. The van der Waals surface area contributed by atoms with E-state index in [0.29, 0.717) is 0 Å². The average molecular weight is 171 g/mol. The van der Waals surface area contributed by atoms with E-state index in [1.165, 1.54) is 0 Å². The van der Waals surface area contributed by atoms with Gasteiger partial charge in [0.1, 0.15) is 11.8 Å². The van der Waals surface area contributed by atoms with Crippen molar-refractivity contribution in [3.8, 4) is 0 Å². The van der Waals surface area contributed by atoms with Crippen molar-refractivity contribution >= 4 is 5.78 Å². The maximum absolute atomic E-state index is 11.1. The molecule has 2 unspecified atom stereocenters. The summed E-state index contributed by atoms with van der Waals surface area (Å²) in [6, 6.07) is 0.178. The van der Waals surface area contributed by atoms with Crippen LogP contribution in [0.3, 0.4) is 0 Å². The predicted molar refractivity (Wildman–Crippen MR) is 46.9 cm³/mol. The number of hydrogen-bond donors (Lipinski definition) is 0. The van der Waals surface area contributed by atoms with Crippen LogP contribution in [0, 0.1) is 0 Å². The zero-order chi connectivity index (χ0) is 9.52. The topological polar surface area (TPSA) is 29.5 Å². The van der Waals surface area contributed by atoms with Crippen molar-refractivity contribution < 1.29 is 9.53 Å². The second kappa shape index (κ2) is 2.82. The molecule has 0 amide bonds. The number of Topliss-reactive ketones (excluding diaryl/α,β-unsaturated/α-hetero) is 1. The number of rotatable bonds is 1. The monoisotopic (exact) mass is 171 g/mol. The first-order valence-corrected chi connectivity index (χ1v) is 4.27. The van der Waals surface area contributed by atoms with E-state index in [2.05, 4.69) is 4.90 Å². The molecule has 0 saturated carbocycles. The Morgan fingerprint density at radius 3 is 2.17 bits per heavy atom. The molecule has 1 heterocycles. The molecule has 3 nitrogen and oxygen atoms in total. The van der Waals surface area contributed by atoms with Crippen LogP contribution in [0.1, 0.15) is 27.7 Å². The Morgan fingerprint density at radius 2 is 2.00 bits per heavy atom. The van der Waals surface area contributed by atoms with Gasteiger partial charge in [-0.05, 0) is 34.7 Å². The summed E-state index contributed by atoms with van der Waals surface area (Å²) in [5.74, 6) is 0.111. The molecule has 0 spiro atoms. The molecule has 1 aliphatic heterocycles. The Labute approximate surface area is 73.7 Å². The van der Waals surface area contributed by atoms with Gasteiger partial charge in [-0.3, -0.25) is 9.69 Å². The summed E-state index contributed by atoms with van der Waals surface area (Å²) in [4.78, 5) is 13.2. The Bertz CT molecular complexity index is 201. The lowest BCUT2D eigenvalue weighted by Crippen LogP contribution is -2.39. The van der Waals surface area contributed by atoms with Crippen LogP contribution in [-0.4, -0.2) is 35.6 Å². The van der Waals surface area contributed by atoms with Crippen molar-refractivity contribution in [2.75, 3.05) is 7.05 Å². The maximum Gasteiger partial charge on any atom is 0.160 e. The van der Waals surface area contributed by atoms with Crippen LogP contribution in [0.15, 0.2) is 0 Å². The quantitative estimate of drug-likeness (QED) is 0.590. The molecule has 0 aromatic heterocycles. The van der Waals surface area contributed by atoms with Gasteiger partial charge in [0.25, 0.3) is 0 Å². The summed E-state index contributed by atoms with van der Waals surface area (Å²) in [5, 5.41) is 0. The Hall–Kier alpha value is -0.410. The van der Waals surface area contributed by atoms with Gasteiger partial charge in [-0.25, -0.2) is 0 Å². The highest BCUT2D eigenvalue weighted by Gasteiger charge is 2.44. The SMILES string of the molecule is CC(=O)C1OC(C)(C)N(C)C1C. The zero-order valence-electron chi connectivity index (χ0n) is 8.42. The van der Waals surface area contributed by atoms with Crippen molar-refractivity contribution in [3.05, 3.63) is 0 Å². The minimum atomic E-state index is -0.310. The number of likely N-dealkylation sites (N-methyl/N-ethyl adjacent to an activating group) is 1. The highest BCUT2D eigenvalue weighted by atomic mass is 16.5. The standard InChI is InChI=1S/C9H17NO2/c1-6-8(7(2)11)12-9(3,4)10(6)5/h6,8H,1-5H3. The van der Waals surface area contributed by atoms with E-state index in [4.69, 9.17) is 4.74 Å². The van der Waals surface area contributed by atoms with Gasteiger partial charge in [0, 0.05) is 6.04 Å². The molecular formula is C9H17NO2. The molecule has 0 aliphatic carbocycles. The molecule has 70 valence electrons. The lowest BCUT2D eigenvalue weighted by molar-refractivity contribution is -0.133. The molecule has 0 aromatic carbocycles. The van der Waals surface area contributed by atoms with Crippen molar-refractivity contribution in [2.45, 2.75) is 45.6 Å². The Morgan fingerprint density at radius 1 is 1.50 bits per heavy atom. The summed E-state index contributed by atoms with van der Waals surface area (Å²) >= 11 is 0. The van der Waals surface area contributed by atoms with Crippen LogP contribution in [0.5, 0.6) is 0 Å². The van der Waals surface area contributed by atoms with Crippen LogP contribution in [0.4, 0.5) is 0 Å². The molecular weight excluding hydrogens is 154 g/mol. The van der Waals surface area contributed by atoms with Crippen molar-refractivity contribution in [1.82, 2.24) is 4.90 Å². The highest BCUT2D eigenvalue weighted by Crippen LogP contribution is 2.30. The Balaban J connectivity index is 2.81. The van der Waals surface area contributed by atoms with Crippen LogP contribution < -0.4 is 0 Å². The summed E-state index contributed by atoms with van der Waals surface area (Å²) < 4.78 is 5.61. The number of ketones is 1. The van der Waals surface area contributed by atoms with Gasteiger partial charge in [-0.2, -0.15) is 0 Å². The third-order valence-electron chi connectivity index (χ3n) is 2.71. The van der Waals surface area contributed by atoms with E-state index in [0.717, 1.165) is 0 Å².